The lowest BCUT2D eigenvalue weighted by atomic mass is 10.1. The Hall–Kier alpha value is -2.87. The molecule has 0 aliphatic carbocycles. The number of carbonyl (C=O) groups excluding carboxylic acids is 1. The van der Waals surface area contributed by atoms with Crippen molar-refractivity contribution >= 4 is 5.91 Å². The highest BCUT2D eigenvalue weighted by Crippen LogP contribution is 2.37. The summed E-state index contributed by atoms with van der Waals surface area (Å²) >= 11 is 0. The molecule has 1 aliphatic heterocycles. The van der Waals surface area contributed by atoms with Crippen molar-refractivity contribution in [3.8, 4) is 17.2 Å². The SMILES string of the molecule is Cc1cc(CN(CC(C)C)C(=O)C(C)CNCc2cccc(O)c2)cc2c1OCC(F)(F)CO2. The lowest BCUT2D eigenvalue weighted by Crippen LogP contribution is -2.40. The zero-order valence-corrected chi connectivity index (χ0v) is 20.2. The summed E-state index contributed by atoms with van der Waals surface area (Å²) in [4.78, 5) is 15.1. The Morgan fingerprint density at radius 2 is 1.88 bits per heavy atom. The number of fused-ring (bicyclic) bond motifs is 1. The minimum absolute atomic E-state index is 0.00778. The van der Waals surface area contributed by atoms with E-state index in [0.717, 1.165) is 11.1 Å². The van der Waals surface area contributed by atoms with Crippen LogP contribution in [-0.4, -0.2) is 48.1 Å². The van der Waals surface area contributed by atoms with Crippen LogP contribution in [0.15, 0.2) is 36.4 Å². The van der Waals surface area contributed by atoms with E-state index in [9.17, 15) is 18.7 Å². The number of phenols is 1. The molecular weight excluding hydrogens is 442 g/mol. The average Bonchev–Trinajstić information content (AvgIpc) is 2.91. The van der Waals surface area contributed by atoms with Crippen molar-refractivity contribution in [3.05, 3.63) is 53.1 Å². The average molecular weight is 477 g/mol. The van der Waals surface area contributed by atoms with Crippen LogP contribution in [0.1, 0.15) is 37.5 Å². The smallest absolute Gasteiger partial charge is 0.314 e. The summed E-state index contributed by atoms with van der Waals surface area (Å²) in [6, 6.07) is 10.5. The lowest BCUT2D eigenvalue weighted by molar-refractivity contribution is -0.136. The number of halogens is 2. The molecular formula is C26H34F2N2O4. The number of phenolic OH excluding ortho intramolecular Hbond substituents is 1. The maximum atomic E-state index is 13.7. The second-order valence-electron chi connectivity index (χ2n) is 9.49. The Balaban J connectivity index is 1.67. The predicted octanol–water partition coefficient (Wildman–Crippen LogP) is 4.52. The lowest BCUT2D eigenvalue weighted by Gasteiger charge is -2.28. The third-order valence-corrected chi connectivity index (χ3v) is 5.55. The van der Waals surface area contributed by atoms with Gasteiger partial charge >= 0.3 is 5.92 Å². The van der Waals surface area contributed by atoms with Crippen LogP contribution >= 0.6 is 0 Å². The molecule has 2 N–H and O–H groups in total. The second kappa shape index (κ2) is 11.0. The van der Waals surface area contributed by atoms with Gasteiger partial charge in [-0.05, 0) is 47.7 Å². The number of carbonyl (C=O) groups is 1. The van der Waals surface area contributed by atoms with E-state index in [1.54, 1.807) is 36.1 Å². The highest BCUT2D eigenvalue weighted by Gasteiger charge is 2.35. The van der Waals surface area contributed by atoms with E-state index in [0.29, 0.717) is 37.5 Å². The molecule has 0 spiro atoms. The topological polar surface area (TPSA) is 71.0 Å². The number of aryl methyl sites for hydroxylation is 1. The number of hydrogen-bond acceptors (Lipinski definition) is 5. The fourth-order valence-corrected chi connectivity index (χ4v) is 3.99. The predicted molar refractivity (Wildman–Crippen MR) is 126 cm³/mol. The van der Waals surface area contributed by atoms with E-state index < -0.39 is 19.1 Å². The van der Waals surface area contributed by atoms with E-state index >= 15 is 0 Å². The number of aromatic hydroxyl groups is 1. The van der Waals surface area contributed by atoms with Crippen LogP contribution in [0.4, 0.5) is 8.78 Å². The Morgan fingerprint density at radius 1 is 1.15 bits per heavy atom. The quantitative estimate of drug-likeness (QED) is 0.557. The number of amides is 1. The summed E-state index contributed by atoms with van der Waals surface area (Å²) in [7, 11) is 0. The van der Waals surface area contributed by atoms with Crippen LogP contribution in [0, 0.1) is 18.8 Å². The maximum Gasteiger partial charge on any atom is 0.314 e. The molecule has 1 amide bonds. The van der Waals surface area contributed by atoms with Gasteiger partial charge in [-0.25, -0.2) is 0 Å². The van der Waals surface area contributed by atoms with Crippen molar-refractivity contribution in [1.82, 2.24) is 10.2 Å². The van der Waals surface area contributed by atoms with E-state index in [2.05, 4.69) is 5.32 Å². The molecule has 0 fully saturated rings. The summed E-state index contributed by atoms with van der Waals surface area (Å²) in [6.07, 6.45) is 0. The molecule has 8 heteroatoms. The fourth-order valence-electron chi connectivity index (χ4n) is 3.99. The largest absolute Gasteiger partial charge is 0.508 e. The Morgan fingerprint density at radius 3 is 2.59 bits per heavy atom. The van der Waals surface area contributed by atoms with E-state index in [1.165, 1.54) is 0 Å². The van der Waals surface area contributed by atoms with Crippen LogP contribution < -0.4 is 14.8 Å². The number of nitrogens with one attached hydrogen (secondary N) is 1. The van der Waals surface area contributed by atoms with Crippen molar-refractivity contribution in [1.29, 1.82) is 0 Å². The second-order valence-corrected chi connectivity index (χ2v) is 9.49. The van der Waals surface area contributed by atoms with Gasteiger partial charge in [0.25, 0.3) is 0 Å². The summed E-state index contributed by atoms with van der Waals surface area (Å²) in [6.45, 7) is 8.26. The van der Waals surface area contributed by atoms with Gasteiger partial charge in [0.2, 0.25) is 5.91 Å². The molecule has 1 atom stereocenters. The summed E-state index contributed by atoms with van der Waals surface area (Å²) in [5.41, 5.74) is 2.44. The van der Waals surface area contributed by atoms with E-state index in [-0.39, 0.29) is 29.2 Å². The number of nitrogens with zero attached hydrogens (tertiary/aromatic N) is 1. The van der Waals surface area contributed by atoms with Gasteiger partial charge in [-0.3, -0.25) is 4.79 Å². The first-order valence-electron chi connectivity index (χ1n) is 11.6. The van der Waals surface area contributed by atoms with Crippen molar-refractivity contribution in [3.63, 3.8) is 0 Å². The van der Waals surface area contributed by atoms with Crippen LogP contribution in [-0.2, 0) is 17.9 Å². The van der Waals surface area contributed by atoms with Crippen molar-refractivity contribution in [2.75, 3.05) is 26.3 Å². The van der Waals surface area contributed by atoms with Gasteiger partial charge in [0, 0.05) is 32.1 Å². The third kappa shape index (κ3) is 7.06. The molecule has 1 aliphatic rings. The third-order valence-electron chi connectivity index (χ3n) is 5.55. The molecule has 2 aromatic carbocycles. The summed E-state index contributed by atoms with van der Waals surface area (Å²) in [5, 5.41) is 12.9. The van der Waals surface area contributed by atoms with Gasteiger partial charge in [0.05, 0.1) is 0 Å². The first-order chi connectivity index (χ1) is 16.0. The highest BCUT2D eigenvalue weighted by atomic mass is 19.3. The molecule has 1 unspecified atom stereocenters. The summed E-state index contributed by atoms with van der Waals surface area (Å²) in [5.74, 6) is -2.23. The Bertz CT molecular complexity index is 997. The first kappa shape index (κ1) is 25.7. The van der Waals surface area contributed by atoms with Gasteiger partial charge in [-0.1, -0.05) is 39.0 Å². The molecule has 3 rings (SSSR count). The number of hydrogen-bond donors (Lipinski definition) is 2. The summed E-state index contributed by atoms with van der Waals surface area (Å²) < 4.78 is 38.1. The number of ether oxygens (including phenoxy) is 2. The molecule has 34 heavy (non-hydrogen) atoms. The van der Waals surface area contributed by atoms with Gasteiger partial charge in [0.1, 0.15) is 5.75 Å². The zero-order chi connectivity index (χ0) is 24.9. The molecule has 2 aromatic rings. The van der Waals surface area contributed by atoms with Crippen molar-refractivity contribution in [2.24, 2.45) is 11.8 Å². The maximum absolute atomic E-state index is 13.7. The number of rotatable bonds is 9. The number of alkyl halides is 2. The first-order valence-corrected chi connectivity index (χ1v) is 11.6. The fraction of sp³-hybridized carbons (Fsp3) is 0.500. The Kier molecular flexibility index (Phi) is 8.36. The van der Waals surface area contributed by atoms with Crippen LogP contribution in [0.2, 0.25) is 0 Å². The Labute approximate surface area is 199 Å². The van der Waals surface area contributed by atoms with Crippen LogP contribution in [0.25, 0.3) is 0 Å². The minimum atomic E-state index is -3.05. The van der Waals surface area contributed by atoms with E-state index in [1.807, 2.05) is 32.9 Å². The minimum Gasteiger partial charge on any atom is -0.508 e. The zero-order valence-electron chi connectivity index (χ0n) is 20.2. The van der Waals surface area contributed by atoms with Crippen molar-refractivity contribution < 1.29 is 28.2 Å². The van der Waals surface area contributed by atoms with Crippen LogP contribution in [0.5, 0.6) is 17.2 Å². The van der Waals surface area contributed by atoms with Gasteiger partial charge < -0.3 is 24.8 Å². The molecule has 0 radical (unpaired) electrons. The molecule has 0 saturated heterocycles. The molecule has 0 bridgehead atoms. The molecule has 6 nitrogen and oxygen atoms in total. The highest BCUT2D eigenvalue weighted by molar-refractivity contribution is 5.78. The monoisotopic (exact) mass is 476 g/mol. The molecule has 186 valence electrons. The normalized spacial score (nSPS) is 15.6. The van der Waals surface area contributed by atoms with Crippen molar-refractivity contribution in [2.45, 2.75) is 46.7 Å². The number of benzene rings is 2. The van der Waals surface area contributed by atoms with Crippen LogP contribution in [0.3, 0.4) is 0 Å². The standard InChI is InChI=1S/C26H34F2N2O4/c1-17(2)13-30(25(32)19(4)11-29-12-20-6-5-7-22(31)9-20)14-21-8-18(3)24-23(10-21)33-15-26(27,28)16-34-24/h5-10,17,19,29,31H,11-16H2,1-4H3. The van der Waals surface area contributed by atoms with Gasteiger partial charge in [0.15, 0.2) is 24.7 Å². The van der Waals surface area contributed by atoms with Gasteiger partial charge in [-0.2, -0.15) is 8.78 Å². The van der Waals surface area contributed by atoms with Gasteiger partial charge in [-0.15, -0.1) is 0 Å². The molecule has 1 heterocycles. The molecule has 0 aromatic heterocycles. The molecule has 0 saturated carbocycles. The van der Waals surface area contributed by atoms with E-state index in [4.69, 9.17) is 9.47 Å².